The van der Waals surface area contributed by atoms with Gasteiger partial charge in [-0.05, 0) is 38.5 Å². The number of rotatable bonds is 6. The molecule has 0 radical (unpaired) electrons. The molecule has 4 heteroatoms. The van der Waals surface area contributed by atoms with Crippen LogP contribution in [-0.4, -0.2) is 14.8 Å². The lowest BCUT2D eigenvalue weighted by atomic mass is 10.0. The maximum Gasteiger partial charge on any atom is 0.0756 e. The fourth-order valence-electron chi connectivity index (χ4n) is 2.75. The van der Waals surface area contributed by atoms with Crippen LogP contribution in [0.4, 0.5) is 0 Å². The highest BCUT2D eigenvalue weighted by Gasteiger charge is 2.19. The van der Waals surface area contributed by atoms with E-state index in [1.54, 1.807) is 0 Å². The SMILES string of the molecule is CC(NC(c1ccccc1)c1ccccn1)c1cnn(C(C)C)c1. The van der Waals surface area contributed by atoms with Crippen LogP contribution >= 0.6 is 0 Å². The van der Waals surface area contributed by atoms with Gasteiger partial charge >= 0.3 is 0 Å². The van der Waals surface area contributed by atoms with Gasteiger partial charge in [-0.25, -0.2) is 0 Å². The van der Waals surface area contributed by atoms with E-state index in [1.807, 2.05) is 35.3 Å². The van der Waals surface area contributed by atoms with Crippen molar-refractivity contribution >= 4 is 0 Å². The minimum atomic E-state index is 0.0461. The van der Waals surface area contributed by atoms with Gasteiger partial charge in [0.05, 0.1) is 17.9 Å². The standard InChI is InChI=1S/C20H24N4/c1-15(2)24-14-18(13-22-24)16(3)23-20(17-9-5-4-6-10-17)19-11-7-8-12-21-19/h4-16,20,23H,1-3H3. The van der Waals surface area contributed by atoms with Crippen LogP contribution in [0, 0.1) is 0 Å². The summed E-state index contributed by atoms with van der Waals surface area (Å²) in [5.74, 6) is 0. The maximum atomic E-state index is 4.55. The molecule has 2 aromatic heterocycles. The van der Waals surface area contributed by atoms with Crippen LogP contribution in [-0.2, 0) is 0 Å². The molecule has 0 fully saturated rings. The van der Waals surface area contributed by atoms with Crippen LogP contribution in [0.25, 0.3) is 0 Å². The first-order valence-electron chi connectivity index (χ1n) is 8.41. The summed E-state index contributed by atoms with van der Waals surface area (Å²) in [6.45, 7) is 6.44. The summed E-state index contributed by atoms with van der Waals surface area (Å²) in [7, 11) is 0. The predicted molar refractivity (Wildman–Crippen MR) is 96.7 cm³/mol. The number of aromatic nitrogens is 3. The molecule has 0 aliphatic heterocycles. The highest BCUT2D eigenvalue weighted by molar-refractivity contribution is 5.28. The van der Waals surface area contributed by atoms with Gasteiger partial charge in [0.25, 0.3) is 0 Å². The van der Waals surface area contributed by atoms with Crippen molar-refractivity contribution in [3.63, 3.8) is 0 Å². The van der Waals surface area contributed by atoms with Gasteiger partial charge in [-0.3, -0.25) is 15.0 Å². The third kappa shape index (κ3) is 3.71. The summed E-state index contributed by atoms with van der Waals surface area (Å²) >= 11 is 0. The van der Waals surface area contributed by atoms with Crippen molar-refractivity contribution in [2.75, 3.05) is 0 Å². The van der Waals surface area contributed by atoms with Crippen LogP contribution in [0.5, 0.6) is 0 Å². The Bertz CT molecular complexity index is 710. The molecule has 0 saturated heterocycles. The molecule has 0 amide bonds. The topological polar surface area (TPSA) is 42.7 Å². The average molecular weight is 320 g/mol. The number of pyridine rings is 1. The van der Waals surface area contributed by atoms with Crippen LogP contribution < -0.4 is 5.32 Å². The van der Waals surface area contributed by atoms with Gasteiger partial charge in [0.1, 0.15) is 0 Å². The van der Waals surface area contributed by atoms with E-state index in [4.69, 9.17) is 0 Å². The molecule has 124 valence electrons. The van der Waals surface area contributed by atoms with Gasteiger partial charge in [-0.1, -0.05) is 36.4 Å². The van der Waals surface area contributed by atoms with Crippen molar-refractivity contribution in [1.82, 2.24) is 20.1 Å². The molecule has 0 saturated carbocycles. The Balaban J connectivity index is 1.86. The average Bonchev–Trinajstić information content (AvgIpc) is 3.11. The third-order valence-corrected chi connectivity index (χ3v) is 4.18. The van der Waals surface area contributed by atoms with E-state index < -0.39 is 0 Å². The van der Waals surface area contributed by atoms with Crippen molar-refractivity contribution in [3.05, 3.63) is 83.9 Å². The number of hydrogen-bond acceptors (Lipinski definition) is 3. The first-order chi connectivity index (χ1) is 11.6. The van der Waals surface area contributed by atoms with Gasteiger partial charge in [0, 0.05) is 30.0 Å². The van der Waals surface area contributed by atoms with Crippen molar-refractivity contribution in [2.24, 2.45) is 0 Å². The lowest BCUT2D eigenvalue weighted by molar-refractivity contribution is 0.504. The molecule has 4 nitrogen and oxygen atoms in total. The first kappa shape index (κ1) is 16.4. The molecule has 2 heterocycles. The maximum absolute atomic E-state index is 4.55. The summed E-state index contributed by atoms with van der Waals surface area (Å²) in [5.41, 5.74) is 3.41. The molecule has 3 aromatic rings. The molecule has 3 rings (SSSR count). The second kappa shape index (κ2) is 7.41. The second-order valence-corrected chi connectivity index (χ2v) is 6.33. The Morgan fingerprint density at radius 1 is 0.917 bits per heavy atom. The Kier molecular flexibility index (Phi) is 5.06. The summed E-state index contributed by atoms with van der Waals surface area (Å²) < 4.78 is 1.99. The van der Waals surface area contributed by atoms with E-state index in [0.29, 0.717) is 6.04 Å². The van der Waals surface area contributed by atoms with Crippen molar-refractivity contribution in [3.8, 4) is 0 Å². The number of benzene rings is 1. The van der Waals surface area contributed by atoms with E-state index in [9.17, 15) is 0 Å². The van der Waals surface area contributed by atoms with Gasteiger partial charge in [0.2, 0.25) is 0 Å². The van der Waals surface area contributed by atoms with Crippen LogP contribution in [0.15, 0.2) is 67.1 Å². The van der Waals surface area contributed by atoms with Crippen molar-refractivity contribution < 1.29 is 0 Å². The Labute approximate surface area is 143 Å². The van der Waals surface area contributed by atoms with Gasteiger partial charge in [-0.15, -0.1) is 0 Å². The Morgan fingerprint density at radius 3 is 2.29 bits per heavy atom. The summed E-state index contributed by atoms with van der Waals surface area (Å²) in [6.07, 6.45) is 5.90. The predicted octanol–water partition coefficient (Wildman–Crippen LogP) is 4.30. The summed E-state index contributed by atoms with van der Waals surface area (Å²) in [4.78, 5) is 4.55. The minimum absolute atomic E-state index is 0.0461. The minimum Gasteiger partial charge on any atom is -0.298 e. The molecular formula is C20H24N4. The van der Waals surface area contributed by atoms with Gasteiger partial charge in [0.15, 0.2) is 0 Å². The quantitative estimate of drug-likeness (QED) is 0.736. The van der Waals surface area contributed by atoms with Gasteiger partial charge < -0.3 is 0 Å². The monoisotopic (exact) mass is 320 g/mol. The van der Waals surface area contributed by atoms with E-state index in [1.165, 1.54) is 11.1 Å². The van der Waals surface area contributed by atoms with E-state index in [0.717, 1.165) is 5.69 Å². The smallest absolute Gasteiger partial charge is 0.0756 e. The van der Waals surface area contributed by atoms with Crippen molar-refractivity contribution in [1.29, 1.82) is 0 Å². The fraction of sp³-hybridized carbons (Fsp3) is 0.300. The molecule has 0 bridgehead atoms. The molecule has 2 unspecified atom stereocenters. The number of nitrogens with one attached hydrogen (secondary N) is 1. The molecule has 0 spiro atoms. The lowest BCUT2D eigenvalue weighted by Crippen LogP contribution is -2.26. The highest BCUT2D eigenvalue weighted by Crippen LogP contribution is 2.24. The first-order valence-corrected chi connectivity index (χ1v) is 8.41. The fourth-order valence-corrected chi connectivity index (χ4v) is 2.75. The normalized spacial score (nSPS) is 13.8. The largest absolute Gasteiger partial charge is 0.298 e. The number of hydrogen-bond donors (Lipinski definition) is 1. The van der Waals surface area contributed by atoms with E-state index in [-0.39, 0.29) is 12.1 Å². The molecular weight excluding hydrogens is 296 g/mol. The zero-order valence-electron chi connectivity index (χ0n) is 14.4. The zero-order valence-corrected chi connectivity index (χ0v) is 14.4. The van der Waals surface area contributed by atoms with E-state index in [2.05, 4.69) is 72.7 Å². The van der Waals surface area contributed by atoms with Crippen molar-refractivity contribution in [2.45, 2.75) is 38.9 Å². The number of nitrogens with zero attached hydrogens (tertiary/aromatic N) is 3. The molecule has 24 heavy (non-hydrogen) atoms. The summed E-state index contributed by atoms with van der Waals surface area (Å²) in [6, 6.07) is 17.1. The lowest BCUT2D eigenvalue weighted by Gasteiger charge is -2.23. The highest BCUT2D eigenvalue weighted by atomic mass is 15.3. The summed E-state index contributed by atoms with van der Waals surface area (Å²) in [5, 5.41) is 8.15. The molecule has 2 atom stereocenters. The Morgan fingerprint density at radius 2 is 1.67 bits per heavy atom. The van der Waals surface area contributed by atoms with Crippen LogP contribution in [0.1, 0.15) is 55.7 Å². The second-order valence-electron chi connectivity index (χ2n) is 6.33. The van der Waals surface area contributed by atoms with Gasteiger partial charge in [-0.2, -0.15) is 5.10 Å². The molecule has 1 aromatic carbocycles. The van der Waals surface area contributed by atoms with Crippen LogP contribution in [0.3, 0.4) is 0 Å². The molecule has 0 aliphatic rings. The third-order valence-electron chi connectivity index (χ3n) is 4.18. The van der Waals surface area contributed by atoms with E-state index >= 15 is 0 Å². The zero-order chi connectivity index (χ0) is 16.9. The van der Waals surface area contributed by atoms with Crippen LogP contribution in [0.2, 0.25) is 0 Å². The molecule has 1 N–H and O–H groups in total. The molecule has 0 aliphatic carbocycles. The Hall–Kier alpha value is -2.46.